The summed E-state index contributed by atoms with van der Waals surface area (Å²) in [7, 11) is 0. The zero-order valence-electron chi connectivity index (χ0n) is 7.31. The van der Waals surface area contributed by atoms with Gasteiger partial charge in [0.2, 0.25) is 0 Å². The third kappa shape index (κ3) is 2.15. The van der Waals surface area contributed by atoms with Crippen molar-refractivity contribution in [3.8, 4) is 0 Å². The molecule has 0 aliphatic rings. The summed E-state index contributed by atoms with van der Waals surface area (Å²) in [6.07, 6.45) is 1.57. The van der Waals surface area contributed by atoms with Gasteiger partial charge in [-0.25, -0.2) is 4.98 Å². The summed E-state index contributed by atoms with van der Waals surface area (Å²) in [6.45, 7) is 0. The molecule has 0 aromatic carbocycles. The molecule has 2 N–H and O–H groups in total. The second-order valence-electron chi connectivity index (χ2n) is 2.52. The van der Waals surface area contributed by atoms with Crippen LogP contribution >= 0.6 is 15.9 Å². The monoisotopic (exact) mass is 268 g/mol. The Morgan fingerprint density at radius 2 is 2.40 bits per heavy atom. The number of carbonyl (C=O) groups excluding carboxylic acids is 1. The van der Waals surface area contributed by atoms with Gasteiger partial charge in [0.15, 0.2) is 0 Å². The molecule has 0 radical (unpaired) electrons. The van der Waals surface area contributed by atoms with Gasteiger partial charge in [-0.2, -0.15) is 5.21 Å². The van der Waals surface area contributed by atoms with Gasteiger partial charge in [0.05, 0.1) is 4.47 Å². The zero-order valence-corrected chi connectivity index (χ0v) is 8.89. The highest BCUT2D eigenvalue weighted by molar-refractivity contribution is 9.10. The predicted molar refractivity (Wildman–Crippen MR) is 54.1 cm³/mol. The van der Waals surface area contributed by atoms with Crippen molar-refractivity contribution in [1.29, 1.82) is 0 Å². The molecule has 0 saturated heterocycles. The third-order valence-electron chi connectivity index (χ3n) is 1.54. The molecular formula is C7H5BrN6O. The van der Waals surface area contributed by atoms with Crippen molar-refractivity contribution >= 4 is 27.7 Å². The lowest BCUT2D eigenvalue weighted by atomic mass is 10.4. The average molecular weight is 269 g/mol. The minimum absolute atomic E-state index is 0.0347. The Hall–Kier alpha value is -1.83. The maximum absolute atomic E-state index is 11.5. The van der Waals surface area contributed by atoms with Crippen molar-refractivity contribution in [2.75, 3.05) is 5.32 Å². The SMILES string of the molecule is O=C(Nc1ncccc1Br)c1nn[nH]n1. The van der Waals surface area contributed by atoms with Crippen LogP contribution in [0.25, 0.3) is 0 Å². The second kappa shape index (κ2) is 4.13. The minimum atomic E-state index is -0.469. The molecule has 0 fully saturated rings. The number of aromatic nitrogens is 5. The number of nitrogens with one attached hydrogen (secondary N) is 2. The molecule has 0 bridgehead atoms. The van der Waals surface area contributed by atoms with Gasteiger partial charge in [-0.05, 0) is 33.3 Å². The van der Waals surface area contributed by atoms with E-state index in [2.05, 4.69) is 46.9 Å². The van der Waals surface area contributed by atoms with Crippen LogP contribution in [-0.2, 0) is 0 Å². The number of hydrogen-bond donors (Lipinski definition) is 2. The van der Waals surface area contributed by atoms with Gasteiger partial charge in [-0.15, -0.1) is 10.2 Å². The minimum Gasteiger partial charge on any atom is -0.303 e. The average Bonchev–Trinajstić information content (AvgIpc) is 2.74. The molecule has 2 aromatic rings. The molecule has 0 aliphatic heterocycles. The number of amides is 1. The molecule has 0 saturated carbocycles. The number of H-pyrrole nitrogens is 1. The summed E-state index contributed by atoms with van der Waals surface area (Å²) in [5.41, 5.74) is 0. The first-order chi connectivity index (χ1) is 7.27. The van der Waals surface area contributed by atoms with E-state index < -0.39 is 5.91 Å². The van der Waals surface area contributed by atoms with Crippen LogP contribution < -0.4 is 5.32 Å². The molecule has 8 heteroatoms. The normalized spacial score (nSPS) is 9.93. The van der Waals surface area contributed by atoms with E-state index in [-0.39, 0.29) is 5.82 Å². The highest BCUT2D eigenvalue weighted by Gasteiger charge is 2.12. The summed E-state index contributed by atoms with van der Waals surface area (Å²) in [4.78, 5) is 15.4. The molecule has 0 aliphatic carbocycles. The number of nitrogens with zero attached hydrogens (tertiary/aromatic N) is 4. The lowest BCUT2D eigenvalue weighted by Gasteiger charge is -2.02. The maximum Gasteiger partial charge on any atom is 0.298 e. The quantitative estimate of drug-likeness (QED) is 0.832. The molecule has 7 nitrogen and oxygen atoms in total. The molecule has 15 heavy (non-hydrogen) atoms. The van der Waals surface area contributed by atoms with Gasteiger partial charge in [-0.3, -0.25) is 4.79 Å². The molecule has 0 unspecified atom stereocenters. The van der Waals surface area contributed by atoms with E-state index in [4.69, 9.17) is 0 Å². The molecule has 2 heterocycles. The van der Waals surface area contributed by atoms with Crippen molar-refractivity contribution in [3.05, 3.63) is 28.6 Å². The number of hydrogen-bond acceptors (Lipinski definition) is 5. The first-order valence-corrected chi connectivity index (χ1v) is 4.72. The fraction of sp³-hybridized carbons (Fsp3) is 0. The van der Waals surface area contributed by atoms with E-state index in [1.165, 1.54) is 0 Å². The third-order valence-corrected chi connectivity index (χ3v) is 2.18. The van der Waals surface area contributed by atoms with Crippen molar-refractivity contribution in [1.82, 2.24) is 25.6 Å². The molecule has 0 atom stereocenters. The molecule has 0 spiro atoms. The van der Waals surface area contributed by atoms with E-state index in [9.17, 15) is 4.79 Å². The maximum atomic E-state index is 11.5. The van der Waals surface area contributed by atoms with Crippen LogP contribution in [0.2, 0.25) is 0 Å². The number of carbonyl (C=O) groups is 1. The summed E-state index contributed by atoms with van der Waals surface area (Å²) >= 11 is 3.25. The Morgan fingerprint density at radius 1 is 1.53 bits per heavy atom. The summed E-state index contributed by atoms with van der Waals surface area (Å²) in [5, 5.41) is 15.1. The smallest absolute Gasteiger partial charge is 0.298 e. The second-order valence-corrected chi connectivity index (χ2v) is 3.38. The number of halogens is 1. The van der Waals surface area contributed by atoms with Gasteiger partial charge in [0.25, 0.3) is 11.7 Å². The van der Waals surface area contributed by atoms with Gasteiger partial charge in [0, 0.05) is 6.20 Å². The Labute approximate surface area is 92.4 Å². The predicted octanol–water partition coefficient (Wildman–Crippen LogP) is 0.609. The Balaban J connectivity index is 2.17. The highest BCUT2D eigenvalue weighted by atomic mass is 79.9. The van der Waals surface area contributed by atoms with Crippen LogP contribution in [0.15, 0.2) is 22.8 Å². The standard InChI is InChI=1S/C7H5BrN6O/c8-4-2-1-3-9-5(4)10-7(15)6-11-13-14-12-6/h1-3H,(H,9,10,15)(H,11,12,13,14). The zero-order chi connectivity index (χ0) is 10.7. The van der Waals surface area contributed by atoms with Crippen LogP contribution in [0, 0.1) is 0 Å². The van der Waals surface area contributed by atoms with Gasteiger partial charge in [-0.1, -0.05) is 0 Å². The Kier molecular flexibility index (Phi) is 2.68. The number of rotatable bonds is 2. The van der Waals surface area contributed by atoms with Crippen LogP contribution in [0.3, 0.4) is 0 Å². The van der Waals surface area contributed by atoms with Crippen molar-refractivity contribution in [2.24, 2.45) is 0 Å². The number of tetrazole rings is 1. The van der Waals surface area contributed by atoms with Crippen LogP contribution in [0.5, 0.6) is 0 Å². The van der Waals surface area contributed by atoms with Gasteiger partial charge < -0.3 is 5.32 Å². The van der Waals surface area contributed by atoms with Gasteiger partial charge >= 0.3 is 0 Å². The molecule has 2 aromatic heterocycles. The molecular weight excluding hydrogens is 264 g/mol. The summed E-state index contributed by atoms with van der Waals surface area (Å²) in [5.74, 6) is -0.0944. The molecule has 2 rings (SSSR count). The van der Waals surface area contributed by atoms with Crippen molar-refractivity contribution in [3.63, 3.8) is 0 Å². The van der Waals surface area contributed by atoms with Crippen LogP contribution in [0.4, 0.5) is 5.82 Å². The lowest BCUT2D eigenvalue weighted by Crippen LogP contribution is -2.15. The summed E-state index contributed by atoms with van der Waals surface area (Å²) < 4.78 is 0.682. The van der Waals surface area contributed by atoms with E-state index >= 15 is 0 Å². The number of aromatic amines is 1. The van der Waals surface area contributed by atoms with Gasteiger partial charge in [0.1, 0.15) is 5.82 Å². The summed E-state index contributed by atoms with van der Waals surface area (Å²) in [6, 6.07) is 3.51. The van der Waals surface area contributed by atoms with E-state index in [0.717, 1.165) is 0 Å². The van der Waals surface area contributed by atoms with E-state index in [1.807, 2.05) is 0 Å². The van der Waals surface area contributed by atoms with Crippen LogP contribution in [0.1, 0.15) is 10.6 Å². The number of anilines is 1. The first kappa shape index (κ1) is 9.71. The lowest BCUT2D eigenvalue weighted by molar-refractivity contribution is 0.101. The van der Waals surface area contributed by atoms with E-state index in [1.54, 1.807) is 18.3 Å². The fourth-order valence-corrected chi connectivity index (χ4v) is 1.25. The molecule has 76 valence electrons. The largest absolute Gasteiger partial charge is 0.303 e. The fourth-order valence-electron chi connectivity index (χ4n) is 0.899. The first-order valence-electron chi connectivity index (χ1n) is 3.92. The van der Waals surface area contributed by atoms with Crippen molar-refractivity contribution in [2.45, 2.75) is 0 Å². The topological polar surface area (TPSA) is 96.5 Å². The van der Waals surface area contributed by atoms with Crippen molar-refractivity contribution < 1.29 is 4.79 Å². The number of pyridine rings is 1. The Bertz CT molecular complexity index is 470. The van der Waals surface area contributed by atoms with Crippen LogP contribution in [-0.4, -0.2) is 31.5 Å². The molecule has 1 amide bonds. The Morgan fingerprint density at radius 3 is 3.07 bits per heavy atom. The van der Waals surface area contributed by atoms with E-state index in [0.29, 0.717) is 10.3 Å². The highest BCUT2D eigenvalue weighted by Crippen LogP contribution is 2.18.